The van der Waals surface area contributed by atoms with Crippen molar-refractivity contribution in [2.75, 3.05) is 20.1 Å². The second kappa shape index (κ2) is 8.92. The average Bonchev–Trinajstić information content (AvgIpc) is 2.05. The molecule has 1 unspecified atom stereocenters. The lowest BCUT2D eigenvalue weighted by atomic mass is 10.3. The quantitative estimate of drug-likeness (QED) is 0.650. The van der Waals surface area contributed by atoms with E-state index in [1.807, 2.05) is 13.8 Å². The Hall–Kier alpha value is -0.0800. The van der Waals surface area contributed by atoms with Crippen molar-refractivity contribution < 1.29 is 0 Å². The summed E-state index contributed by atoms with van der Waals surface area (Å²) in [6, 6.07) is 0.528. The average molecular weight is 146 g/mol. The fourth-order valence-electron chi connectivity index (χ4n) is 0.492. The van der Waals surface area contributed by atoms with E-state index >= 15 is 0 Å². The van der Waals surface area contributed by atoms with Crippen LogP contribution in [-0.2, 0) is 0 Å². The molecule has 1 atom stereocenters. The Bertz CT molecular complexity index is 47.2. The van der Waals surface area contributed by atoms with Gasteiger partial charge in [0, 0.05) is 12.6 Å². The molecule has 0 spiro atoms. The van der Waals surface area contributed by atoms with Crippen LogP contribution in [0.4, 0.5) is 0 Å². The van der Waals surface area contributed by atoms with Gasteiger partial charge in [-0.05, 0) is 20.5 Å². The Morgan fingerprint density at radius 1 is 1.40 bits per heavy atom. The summed E-state index contributed by atoms with van der Waals surface area (Å²) in [6.07, 6.45) is 0. The third kappa shape index (κ3) is 6.05. The molecule has 0 bridgehead atoms. The topological polar surface area (TPSA) is 29.3 Å². The number of likely N-dealkylation sites (N-methyl/N-ethyl adjacent to an activating group) is 1. The largest absolute Gasteiger partial charge is 0.329 e. The van der Waals surface area contributed by atoms with Gasteiger partial charge in [-0.25, -0.2) is 0 Å². The summed E-state index contributed by atoms with van der Waals surface area (Å²) in [5.41, 5.74) is 5.41. The predicted molar refractivity (Wildman–Crippen MR) is 48.2 cm³/mol. The van der Waals surface area contributed by atoms with Gasteiger partial charge in [0.2, 0.25) is 0 Å². The van der Waals surface area contributed by atoms with E-state index < -0.39 is 0 Å². The third-order valence-corrected chi connectivity index (χ3v) is 1.59. The van der Waals surface area contributed by atoms with Gasteiger partial charge in [-0.2, -0.15) is 0 Å². The smallest absolute Gasteiger partial charge is 0.0186 e. The van der Waals surface area contributed by atoms with Crippen molar-refractivity contribution in [3.05, 3.63) is 0 Å². The van der Waals surface area contributed by atoms with Gasteiger partial charge in [0.1, 0.15) is 0 Å². The first-order valence-corrected chi connectivity index (χ1v) is 4.12. The molecule has 0 heterocycles. The van der Waals surface area contributed by atoms with E-state index in [1.165, 1.54) is 0 Å². The van der Waals surface area contributed by atoms with Crippen LogP contribution in [0, 0.1) is 0 Å². The van der Waals surface area contributed by atoms with Crippen molar-refractivity contribution >= 4 is 0 Å². The maximum atomic E-state index is 5.41. The first kappa shape index (κ1) is 12.6. The highest BCUT2D eigenvalue weighted by Crippen LogP contribution is 1.89. The molecule has 0 aliphatic carbocycles. The van der Waals surface area contributed by atoms with Gasteiger partial charge in [0.25, 0.3) is 0 Å². The molecule has 2 N–H and O–H groups in total. The van der Waals surface area contributed by atoms with Crippen molar-refractivity contribution in [2.45, 2.75) is 33.7 Å². The normalized spacial score (nSPS) is 12.3. The van der Waals surface area contributed by atoms with Crippen LogP contribution in [0.2, 0.25) is 0 Å². The Labute approximate surface area is 65.4 Å². The van der Waals surface area contributed by atoms with Crippen LogP contribution in [0.1, 0.15) is 27.7 Å². The molecule has 2 nitrogen and oxygen atoms in total. The Balaban J connectivity index is 0. The van der Waals surface area contributed by atoms with Crippen molar-refractivity contribution in [2.24, 2.45) is 5.73 Å². The molecule has 0 aromatic rings. The van der Waals surface area contributed by atoms with Crippen LogP contribution in [0.5, 0.6) is 0 Å². The molecule has 0 aliphatic heterocycles. The maximum absolute atomic E-state index is 5.41. The molecule has 0 saturated carbocycles. The van der Waals surface area contributed by atoms with Gasteiger partial charge >= 0.3 is 0 Å². The highest BCUT2D eigenvalue weighted by Gasteiger charge is 2.01. The van der Waals surface area contributed by atoms with Crippen LogP contribution in [-0.4, -0.2) is 31.1 Å². The molecular formula is C8H22N2. The molecule has 0 fully saturated rings. The molecule has 0 saturated heterocycles. The molecule has 2 heteroatoms. The molecule has 10 heavy (non-hydrogen) atoms. The first-order chi connectivity index (χ1) is 4.72. The SMILES string of the molecule is CC.CCN(C)C(C)CN. The number of hydrogen-bond acceptors (Lipinski definition) is 2. The van der Waals surface area contributed by atoms with E-state index in [4.69, 9.17) is 5.73 Å². The van der Waals surface area contributed by atoms with Gasteiger partial charge in [0.15, 0.2) is 0 Å². The van der Waals surface area contributed by atoms with Crippen LogP contribution in [0.25, 0.3) is 0 Å². The standard InChI is InChI=1S/C6H16N2.C2H6/c1-4-8(3)6(2)5-7;1-2/h6H,4-5,7H2,1-3H3;1-2H3. The van der Waals surface area contributed by atoms with Gasteiger partial charge in [-0.15, -0.1) is 0 Å². The predicted octanol–water partition coefficient (Wildman–Crippen LogP) is 1.31. The summed E-state index contributed by atoms with van der Waals surface area (Å²) in [4.78, 5) is 2.22. The van der Waals surface area contributed by atoms with Gasteiger partial charge in [-0.3, -0.25) is 0 Å². The lowest BCUT2D eigenvalue weighted by Crippen LogP contribution is -2.34. The van der Waals surface area contributed by atoms with Crippen molar-refractivity contribution in [3.8, 4) is 0 Å². The van der Waals surface area contributed by atoms with Crippen LogP contribution in [0.3, 0.4) is 0 Å². The van der Waals surface area contributed by atoms with Crippen LogP contribution < -0.4 is 5.73 Å². The monoisotopic (exact) mass is 146 g/mol. The van der Waals surface area contributed by atoms with Crippen molar-refractivity contribution in [3.63, 3.8) is 0 Å². The second-order valence-electron chi connectivity index (χ2n) is 2.16. The van der Waals surface area contributed by atoms with Crippen molar-refractivity contribution in [1.29, 1.82) is 0 Å². The highest BCUT2D eigenvalue weighted by atomic mass is 15.1. The van der Waals surface area contributed by atoms with E-state index in [0.29, 0.717) is 6.04 Å². The Kier molecular flexibility index (Phi) is 11.2. The van der Waals surface area contributed by atoms with E-state index in [-0.39, 0.29) is 0 Å². The minimum absolute atomic E-state index is 0.528. The number of hydrogen-bond donors (Lipinski definition) is 1. The zero-order valence-corrected chi connectivity index (χ0v) is 8.02. The summed E-state index contributed by atoms with van der Waals surface area (Å²) < 4.78 is 0. The van der Waals surface area contributed by atoms with Gasteiger partial charge < -0.3 is 10.6 Å². The fourth-order valence-corrected chi connectivity index (χ4v) is 0.492. The maximum Gasteiger partial charge on any atom is 0.0186 e. The third-order valence-electron chi connectivity index (χ3n) is 1.59. The Morgan fingerprint density at radius 3 is 1.90 bits per heavy atom. The molecule has 64 valence electrons. The zero-order valence-electron chi connectivity index (χ0n) is 8.02. The molecule has 0 radical (unpaired) electrons. The molecule has 0 aromatic heterocycles. The Morgan fingerprint density at radius 2 is 1.80 bits per heavy atom. The highest BCUT2D eigenvalue weighted by molar-refractivity contribution is 4.60. The molecule has 0 amide bonds. The zero-order chi connectivity index (χ0) is 8.57. The van der Waals surface area contributed by atoms with E-state index in [1.54, 1.807) is 0 Å². The number of nitrogens with two attached hydrogens (primary N) is 1. The van der Waals surface area contributed by atoms with Crippen LogP contribution in [0.15, 0.2) is 0 Å². The van der Waals surface area contributed by atoms with Gasteiger partial charge in [0.05, 0.1) is 0 Å². The molecule has 0 aromatic carbocycles. The summed E-state index contributed by atoms with van der Waals surface area (Å²) in [5.74, 6) is 0. The molecule has 0 aliphatic rings. The first-order valence-electron chi connectivity index (χ1n) is 4.12. The fraction of sp³-hybridized carbons (Fsp3) is 1.00. The summed E-state index contributed by atoms with van der Waals surface area (Å²) in [7, 11) is 2.08. The van der Waals surface area contributed by atoms with Crippen molar-refractivity contribution in [1.82, 2.24) is 4.90 Å². The second-order valence-corrected chi connectivity index (χ2v) is 2.16. The molecular weight excluding hydrogens is 124 g/mol. The minimum Gasteiger partial charge on any atom is -0.329 e. The summed E-state index contributed by atoms with van der Waals surface area (Å²) >= 11 is 0. The number of rotatable bonds is 3. The van der Waals surface area contributed by atoms with E-state index in [9.17, 15) is 0 Å². The lowest BCUT2D eigenvalue weighted by molar-refractivity contribution is 0.277. The van der Waals surface area contributed by atoms with E-state index in [2.05, 4.69) is 25.8 Å². The summed E-state index contributed by atoms with van der Waals surface area (Å²) in [6.45, 7) is 10.1. The summed E-state index contributed by atoms with van der Waals surface area (Å²) in [5, 5.41) is 0. The van der Waals surface area contributed by atoms with Crippen LogP contribution >= 0.6 is 0 Å². The number of nitrogens with zero attached hydrogens (tertiary/aromatic N) is 1. The van der Waals surface area contributed by atoms with E-state index in [0.717, 1.165) is 13.1 Å². The molecule has 0 rings (SSSR count). The lowest BCUT2D eigenvalue weighted by Gasteiger charge is -2.20. The van der Waals surface area contributed by atoms with Gasteiger partial charge in [-0.1, -0.05) is 20.8 Å². The minimum atomic E-state index is 0.528.